The van der Waals surface area contributed by atoms with Gasteiger partial charge in [-0.1, -0.05) is 18.2 Å². The second-order valence-corrected chi connectivity index (χ2v) is 9.15. The number of rotatable bonds is 7. The van der Waals surface area contributed by atoms with Crippen molar-refractivity contribution in [3.05, 3.63) is 58.1 Å². The molecule has 9 heteroatoms. The van der Waals surface area contributed by atoms with Gasteiger partial charge in [0.1, 0.15) is 5.75 Å². The number of nitrogens with one attached hydrogen (secondary N) is 3. The third kappa shape index (κ3) is 6.05. The molecule has 2 amide bonds. The lowest BCUT2D eigenvalue weighted by Gasteiger charge is -2.19. The quantitative estimate of drug-likeness (QED) is 0.562. The number of sulfonamides is 1. The first-order chi connectivity index (χ1) is 14.5. The largest absolute Gasteiger partial charge is 0.497 e. The van der Waals surface area contributed by atoms with Crippen molar-refractivity contribution in [2.24, 2.45) is 0 Å². The Hall–Kier alpha value is -2.91. The van der Waals surface area contributed by atoms with E-state index in [0.29, 0.717) is 16.9 Å². The van der Waals surface area contributed by atoms with Crippen molar-refractivity contribution in [2.75, 3.05) is 7.11 Å². The molecule has 0 aliphatic heterocycles. The molecular formula is C22H29N3O5S. The molecule has 0 bridgehead atoms. The Labute approximate surface area is 183 Å². The van der Waals surface area contributed by atoms with Crippen LogP contribution in [0.25, 0.3) is 0 Å². The van der Waals surface area contributed by atoms with Gasteiger partial charge in [-0.2, -0.15) is 4.72 Å². The third-order valence-corrected chi connectivity index (χ3v) is 6.95. The van der Waals surface area contributed by atoms with Crippen LogP contribution in [-0.4, -0.2) is 33.4 Å². The summed E-state index contributed by atoms with van der Waals surface area (Å²) in [5, 5.41) is 0. The van der Waals surface area contributed by atoms with E-state index in [1.165, 1.54) is 6.92 Å². The average molecular weight is 448 g/mol. The van der Waals surface area contributed by atoms with Crippen LogP contribution in [-0.2, 0) is 26.0 Å². The summed E-state index contributed by atoms with van der Waals surface area (Å²) in [5.74, 6) is -0.436. The maximum absolute atomic E-state index is 12.9. The maximum Gasteiger partial charge on any atom is 0.256 e. The first kappa shape index (κ1) is 24.4. The second kappa shape index (κ2) is 9.93. The number of ether oxygens (including phenoxy) is 1. The first-order valence-corrected chi connectivity index (χ1v) is 11.3. The third-order valence-electron chi connectivity index (χ3n) is 5.14. The number of benzene rings is 2. The van der Waals surface area contributed by atoms with Gasteiger partial charge in [0.05, 0.1) is 24.5 Å². The predicted molar refractivity (Wildman–Crippen MR) is 118 cm³/mol. The van der Waals surface area contributed by atoms with Crippen LogP contribution in [0.1, 0.15) is 34.7 Å². The smallest absolute Gasteiger partial charge is 0.256 e. The van der Waals surface area contributed by atoms with E-state index in [9.17, 15) is 18.0 Å². The monoisotopic (exact) mass is 447 g/mol. The van der Waals surface area contributed by atoms with Crippen LogP contribution in [0.2, 0.25) is 0 Å². The molecule has 2 rings (SSSR count). The zero-order valence-corrected chi connectivity index (χ0v) is 19.4. The molecule has 1 atom stereocenters. The van der Waals surface area contributed by atoms with Gasteiger partial charge in [-0.3, -0.25) is 20.4 Å². The molecule has 0 aliphatic rings. The van der Waals surface area contributed by atoms with Crippen molar-refractivity contribution in [3.8, 4) is 5.75 Å². The SMILES string of the molecule is COc1ccc(CC(=O)NNC(=O)[C@H](C)NS(=O)(=O)c2c(C)c(C)cc(C)c2C)cc1. The fourth-order valence-corrected chi connectivity index (χ4v) is 4.96. The van der Waals surface area contributed by atoms with Gasteiger partial charge in [0.15, 0.2) is 0 Å². The van der Waals surface area contributed by atoms with E-state index in [2.05, 4.69) is 15.6 Å². The van der Waals surface area contributed by atoms with Gasteiger partial charge >= 0.3 is 0 Å². The summed E-state index contributed by atoms with van der Waals surface area (Å²) in [5.41, 5.74) is 8.28. The summed E-state index contributed by atoms with van der Waals surface area (Å²) in [6, 6.07) is 7.78. The minimum Gasteiger partial charge on any atom is -0.497 e. The van der Waals surface area contributed by atoms with E-state index in [0.717, 1.165) is 16.7 Å². The highest BCUT2D eigenvalue weighted by molar-refractivity contribution is 7.89. The Kier molecular flexibility index (Phi) is 7.80. The van der Waals surface area contributed by atoms with Crippen molar-refractivity contribution in [2.45, 2.75) is 52.0 Å². The van der Waals surface area contributed by atoms with E-state index in [1.807, 2.05) is 19.9 Å². The zero-order chi connectivity index (χ0) is 23.3. The van der Waals surface area contributed by atoms with Gasteiger partial charge in [0.2, 0.25) is 15.9 Å². The summed E-state index contributed by atoms with van der Waals surface area (Å²) < 4.78 is 33.3. The highest BCUT2D eigenvalue weighted by Gasteiger charge is 2.26. The number of hydrazine groups is 1. The maximum atomic E-state index is 12.9. The number of carbonyl (C=O) groups is 2. The number of methoxy groups -OCH3 is 1. The van der Waals surface area contributed by atoms with Crippen molar-refractivity contribution in [3.63, 3.8) is 0 Å². The highest BCUT2D eigenvalue weighted by atomic mass is 32.2. The van der Waals surface area contributed by atoms with E-state index >= 15 is 0 Å². The topological polar surface area (TPSA) is 114 Å². The van der Waals surface area contributed by atoms with Gasteiger partial charge in [-0.05, 0) is 74.6 Å². The fourth-order valence-electron chi connectivity index (χ4n) is 3.14. The lowest BCUT2D eigenvalue weighted by atomic mass is 10.0. The minimum atomic E-state index is -3.94. The lowest BCUT2D eigenvalue weighted by Crippen LogP contribution is -2.51. The molecule has 0 fully saturated rings. The van der Waals surface area contributed by atoms with E-state index in [4.69, 9.17) is 4.74 Å². The van der Waals surface area contributed by atoms with E-state index < -0.39 is 27.9 Å². The molecule has 2 aromatic rings. The first-order valence-electron chi connectivity index (χ1n) is 9.77. The van der Waals surface area contributed by atoms with Crippen LogP contribution in [0.3, 0.4) is 0 Å². The van der Waals surface area contributed by atoms with Crippen molar-refractivity contribution in [1.82, 2.24) is 15.6 Å². The van der Waals surface area contributed by atoms with Gasteiger partial charge in [-0.25, -0.2) is 8.42 Å². The Morgan fingerprint density at radius 2 is 1.52 bits per heavy atom. The number of carbonyl (C=O) groups excluding carboxylic acids is 2. The van der Waals surface area contributed by atoms with Crippen molar-refractivity contribution >= 4 is 21.8 Å². The Morgan fingerprint density at radius 1 is 0.968 bits per heavy atom. The highest BCUT2D eigenvalue weighted by Crippen LogP contribution is 2.26. The van der Waals surface area contributed by atoms with E-state index in [1.54, 1.807) is 45.2 Å². The van der Waals surface area contributed by atoms with Gasteiger partial charge in [0, 0.05) is 0 Å². The molecule has 8 nitrogen and oxygen atoms in total. The number of amides is 2. The van der Waals surface area contributed by atoms with Gasteiger partial charge in [-0.15, -0.1) is 0 Å². The predicted octanol–water partition coefficient (Wildman–Crippen LogP) is 1.99. The Morgan fingerprint density at radius 3 is 2.03 bits per heavy atom. The molecule has 0 heterocycles. The van der Waals surface area contributed by atoms with Crippen LogP contribution in [0.5, 0.6) is 5.75 Å². The Bertz CT molecular complexity index is 1050. The number of hydrogen-bond donors (Lipinski definition) is 3. The molecule has 0 saturated carbocycles. The zero-order valence-electron chi connectivity index (χ0n) is 18.6. The molecule has 2 aromatic carbocycles. The summed E-state index contributed by atoms with van der Waals surface area (Å²) >= 11 is 0. The molecule has 0 aromatic heterocycles. The molecule has 0 spiro atoms. The van der Waals surface area contributed by atoms with E-state index in [-0.39, 0.29) is 11.3 Å². The number of hydrogen-bond acceptors (Lipinski definition) is 5. The minimum absolute atomic E-state index is 0.0470. The van der Waals surface area contributed by atoms with Crippen LogP contribution in [0, 0.1) is 27.7 Å². The van der Waals surface area contributed by atoms with Crippen molar-refractivity contribution < 1.29 is 22.7 Å². The molecule has 31 heavy (non-hydrogen) atoms. The number of aryl methyl sites for hydroxylation is 2. The second-order valence-electron chi connectivity index (χ2n) is 7.49. The fraction of sp³-hybridized carbons (Fsp3) is 0.364. The average Bonchev–Trinajstić information content (AvgIpc) is 2.70. The molecular weight excluding hydrogens is 418 g/mol. The summed E-state index contributed by atoms with van der Waals surface area (Å²) in [6.07, 6.45) is 0.0470. The molecule has 0 radical (unpaired) electrons. The molecule has 3 N–H and O–H groups in total. The lowest BCUT2D eigenvalue weighted by molar-refractivity contribution is -0.129. The standard InChI is InChI=1S/C22H29N3O5S/c1-13-11-14(2)16(4)21(15(13)3)31(28,29)25-17(5)22(27)24-23-20(26)12-18-7-9-19(30-6)10-8-18/h7-11,17,25H,12H2,1-6H3,(H,23,26)(H,24,27)/t17-/m0/s1. The molecule has 0 saturated heterocycles. The van der Waals surface area contributed by atoms with Crippen LogP contribution < -0.4 is 20.3 Å². The summed E-state index contributed by atoms with van der Waals surface area (Å²) in [4.78, 5) is 24.6. The summed E-state index contributed by atoms with van der Waals surface area (Å²) in [6.45, 7) is 8.57. The molecule has 0 unspecified atom stereocenters. The van der Waals surface area contributed by atoms with Crippen LogP contribution in [0.15, 0.2) is 35.2 Å². The normalized spacial score (nSPS) is 12.2. The Balaban J connectivity index is 1.99. The van der Waals surface area contributed by atoms with Crippen LogP contribution >= 0.6 is 0 Å². The molecule has 0 aliphatic carbocycles. The van der Waals surface area contributed by atoms with Gasteiger partial charge in [0.25, 0.3) is 5.91 Å². The van der Waals surface area contributed by atoms with Gasteiger partial charge < -0.3 is 4.74 Å². The van der Waals surface area contributed by atoms with Crippen LogP contribution in [0.4, 0.5) is 0 Å². The summed E-state index contributed by atoms with van der Waals surface area (Å²) in [7, 11) is -2.39. The molecule has 168 valence electrons. The van der Waals surface area contributed by atoms with Crippen molar-refractivity contribution in [1.29, 1.82) is 0 Å².